The fourth-order valence-electron chi connectivity index (χ4n) is 4.91. The molecule has 0 aromatic heterocycles. The molecule has 2 aliphatic rings. The van der Waals surface area contributed by atoms with Crippen LogP contribution in [0.4, 0.5) is 0 Å². The summed E-state index contributed by atoms with van der Waals surface area (Å²) in [5.74, 6) is 2.52. The number of rotatable bonds is 5. The van der Waals surface area contributed by atoms with Crippen LogP contribution in [0.2, 0.25) is 0 Å². The Morgan fingerprint density at radius 1 is 1.04 bits per heavy atom. The smallest absolute Gasteiger partial charge is 0.0150 e. The van der Waals surface area contributed by atoms with Crippen molar-refractivity contribution in [3.8, 4) is 0 Å². The molecule has 2 saturated heterocycles. The van der Waals surface area contributed by atoms with E-state index in [1.54, 1.807) is 0 Å². The molecule has 0 radical (unpaired) electrons. The average Bonchev–Trinajstić information content (AvgIpc) is 2.55. The summed E-state index contributed by atoms with van der Waals surface area (Å²) < 4.78 is 0. The van der Waals surface area contributed by atoms with Gasteiger partial charge in [-0.2, -0.15) is 0 Å². The quantitative estimate of drug-likeness (QED) is 0.674. The lowest BCUT2D eigenvalue weighted by molar-refractivity contribution is -0.0146. The molecule has 2 rings (SSSR count). The second kappa shape index (κ2) is 7.66. The Kier molecular flexibility index (Phi) is 6.46. The summed E-state index contributed by atoms with van der Waals surface area (Å²) in [5.41, 5.74) is 0.832. The summed E-state index contributed by atoms with van der Waals surface area (Å²) >= 11 is 0. The van der Waals surface area contributed by atoms with Crippen LogP contribution in [0, 0.1) is 23.2 Å². The lowest BCUT2D eigenvalue weighted by Crippen LogP contribution is -2.55. The molecule has 0 saturated carbocycles. The van der Waals surface area contributed by atoms with Crippen molar-refractivity contribution in [2.45, 2.75) is 92.2 Å². The number of nitrogens with zero attached hydrogens (tertiary/aromatic N) is 2. The summed E-state index contributed by atoms with van der Waals surface area (Å²) in [7, 11) is 2.38. The van der Waals surface area contributed by atoms with Gasteiger partial charge in [-0.15, -0.1) is 0 Å². The molecule has 2 heteroatoms. The maximum atomic E-state index is 2.78. The molecule has 0 aliphatic carbocycles. The van der Waals surface area contributed by atoms with Crippen molar-refractivity contribution in [1.29, 1.82) is 0 Å². The monoisotopic (exact) mass is 336 g/mol. The fourth-order valence-corrected chi connectivity index (χ4v) is 4.91. The Hall–Kier alpha value is -0.0800. The van der Waals surface area contributed by atoms with E-state index in [1.807, 2.05) is 0 Å². The van der Waals surface area contributed by atoms with Gasteiger partial charge in [0.15, 0.2) is 0 Å². The summed E-state index contributed by atoms with van der Waals surface area (Å²) in [5, 5.41) is 0. The van der Waals surface area contributed by atoms with E-state index in [4.69, 9.17) is 0 Å². The second-order valence-electron chi connectivity index (χ2n) is 10.3. The Morgan fingerprint density at radius 3 is 2.29 bits per heavy atom. The molecule has 0 bridgehead atoms. The van der Waals surface area contributed by atoms with Crippen LogP contribution >= 0.6 is 0 Å². The molecule has 0 aromatic carbocycles. The standard InChI is InChI=1S/C22H44N2/c1-9-21(4,5)24-13-10-11-18(16-24)20-15-19(12-14-23(20)8)22(6,7)17(2)3/h17-20H,9-16H2,1-8H3. The lowest BCUT2D eigenvalue weighted by Gasteiger charge is -2.51. The second-order valence-corrected chi connectivity index (χ2v) is 10.3. The van der Waals surface area contributed by atoms with Crippen molar-refractivity contribution in [3.05, 3.63) is 0 Å². The highest BCUT2D eigenvalue weighted by Crippen LogP contribution is 2.44. The summed E-state index contributed by atoms with van der Waals surface area (Å²) in [6, 6.07) is 0.789. The predicted octanol–water partition coefficient (Wildman–Crippen LogP) is 5.28. The first-order valence-electron chi connectivity index (χ1n) is 10.5. The Balaban J connectivity index is 2.08. The molecule has 3 atom stereocenters. The van der Waals surface area contributed by atoms with E-state index in [0.717, 1.165) is 23.8 Å². The lowest BCUT2D eigenvalue weighted by atomic mass is 9.64. The first-order chi connectivity index (χ1) is 11.1. The van der Waals surface area contributed by atoms with Gasteiger partial charge in [0, 0.05) is 18.1 Å². The van der Waals surface area contributed by atoms with E-state index in [0.29, 0.717) is 11.0 Å². The molecule has 2 aliphatic heterocycles. The van der Waals surface area contributed by atoms with Crippen LogP contribution in [0.1, 0.15) is 80.6 Å². The molecule has 24 heavy (non-hydrogen) atoms. The Morgan fingerprint density at radius 2 is 1.71 bits per heavy atom. The van der Waals surface area contributed by atoms with Gasteiger partial charge in [0.25, 0.3) is 0 Å². The number of piperidine rings is 2. The largest absolute Gasteiger partial charge is 0.303 e. The van der Waals surface area contributed by atoms with Crippen molar-refractivity contribution in [1.82, 2.24) is 9.80 Å². The summed E-state index contributed by atoms with van der Waals surface area (Å²) in [6.07, 6.45) is 6.86. The molecule has 0 spiro atoms. The van der Waals surface area contributed by atoms with Gasteiger partial charge < -0.3 is 4.90 Å². The van der Waals surface area contributed by atoms with Gasteiger partial charge in [-0.1, -0.05) is 34.6 Å². The third-order valence-corrected chi connectivity index (χ3v) is 8.19. The molecule has 2 fully saturated rings. The predicted molar refractivity (Wildman–Crippen MR) is 106 cm³/mol. The van der Waals surface area contributed by atoms with Crippen molar-refractivity contribution < 1.29 is 0 Å². The normalized spacial score (nSPS) is 31.6. The zero-order valence-corrected chi connectivity index (χ0v) is 17.9. The number of hydrogen-bond donors (Lipinski definition) is 0. The molecule has 0 N–H and O–H groups in total. The molecule has 2 nitrogen and oxygen atoms in total. The van der Waals surface area contributed by atoms with E-state index in [-0.39, 0.29) is 0 Å². The SMILES string of the molecule is CCC(C)(C)N1CCCC(C2CC(C(C)(C)C(C)C)CCN2C)C1. The van der Waals surface area contributed by atoms with Crippen LogP contribution < -0.4 is 0 Å². The maximum absolute atomic E-state index is 2.78. The zero-order valence-electron chi connectivity index (χ0n) is 17.9. The van der Waals surface area contributed by atoms with E-state index in [9.17, 15) is 0 Å². The van der Waals surface area contributed by atoms with Gasteiger partial charge in [0.2, 0.25) is 0 Å². The van der Waals surface area contributed by atoms with Crippen LogP contribution in [-0.2, 0) is 0 Å². The molecular weight excluding hydrogens is 292 g/mol. The van der Waals surface area contributed by atoms with Crippen LogP contribution in [0.15, 0.2) is 0 Å². The molecule has 142 valence electrons. The Labute approximate surface area is 152 Å². The summed E-state index contributed by atoms with van der Waals surface area (Å²) in [4.78, 5) is 5.48. The number of likely N-dealkylation sites (tertiary alicyclic amines) is 2. The fraction of sp³-hybridized carbons (Fsp3) is 1.00. The van der Waals surface area contributed by atoms with Gasteiger partial charge in [-0.05, 0) is 89.3 Å². The minimum atomic E-state index is 0.364. The first-order valence-corrected chi connectivity index (χ1v) is 10.5. The van der Waals surface area contributed by atoms with Gasteiger partial charge >= 0.3 is 0 Å². The molecule has 0 amide bonds. The first kappa shape index (κ1) is 20.2. The van der Waals surface area contributed by atoms with Gasteiger partial charge in [-0.3, -0.25) is 4.90 Å². The van der Waals surface area contributed by atoms with Crippen molar-refractivity contribution in [2.75, 3.05) is 26.7 Å². The highest BCUT2D eigenvalue weighted by Gasteiger charge is 2.42. The number of hydrogen-bond acceptors (Lipinski definition) is 2. The minimum Gasteiger partial charge on any atom is -0.303 e. The molecule has 2 heterocycles. The third kappa shape index (κ3) is 4.18. The topological polar surface area (TPSA) is 6.48 Å². The van der Waals surface area contributed by atoms with Gasteiger partial charge in [0.1, 0.15) is 0 Å². The van der Waals surface area contributed by atoms with E-state index in [2.05, 4.69) is 65.3 Å². The minimum absolute atomic E-state index is 0.364. The van der Waals surface area contributed by atoms with Crippen molar-refractivity contribution >= 4 is 0 Å². The van der Waals surface area contributed by atoms with Crippen LogP contribution in [0.5, 0.6) is 0 Å². The molecular formula is C22H44N2. The zero-order chi connectivity index (χ0) is 18.1. The van der Waals surface area contributed by atoms with Gasteiger partial charge in [-0.25, -0.2) is 0 Å². The van der Waals surface area contributed by atoms with Crippen LogP contribution in [0.3, 0.4) is 0 Å². The van der Waals surface area contributed by atoms with Crippen molar-refractivity contribution in [2.24, 2.45) is 23.2 Å². The molecule has 3 unspecified atom stereocenters. The van der Waals surface area contributed by atoms with E-state index >= 15 is 0 Å². The highest BCUT2D eigenvalue weighted by molar-refractivity contribution is 4.95. The van der Waals surface area contributed by atoms with Crippen LogP contribution in [-0.4, -0.2) is 48.1 Å². The van der Waals surface area contributed by atoms with Gasteiger partial charge in [0.05, 0.1) is 0 Å². The Bertz CT molecular complexity index is 399. The average molecular weight is 337 g/mol. The summed E-state index contributed by atoms with van der Waals surface area (Å²) in [6.45, 7) is 21.0. The van der Waals surface area contributed by atoms with E-state index in [1.165, 1.54) is 51.7 Å². The van der Waals surface area contributed by atoms with Crippen LogP contribution in [0.25, 0.3) is 0 Å². The van der Waals surface area contributed by atoms with Crippen molar-refractivity contribution in [3.63, 3.8) is 0 Å². The third-order valence-electron chi connectivity index (χ3n) is 8.19. The van der Waals surface area contributed by atoms with E-state index < -0.39 is 0 Å². The highest BCUT2D eigenvalue weighted by atomic mass is 15.2. The maximum Gasteiger partial charge on any atom is 0.0150 e. The molecule has 0 aromatic rings.